The number of carboxylic acids is 1. The van der Waals surface area contributed by atoms with Gasteiger partial charge in [-0.15, -0.1) is 0 Å². The first kappa shape index (κ1) is 18.0. The number of carbonyl (C=O) groups is 2. The summed E-state index contributed by atoms with van der Waals surface area (Å²) in [6.45, 7) is 11.2. The zero-order chi connectivity index (χ0) is 16.3. The number of aliphatic carboxylic acids is 1. The Hall–Kier alpha value is -1.06. The molecule has 0 radical (unpaired) electrons. The van der Waals surface area contributed by atoms with Crippen molar-refractivity contribution in [3.63, 3.8) is 0 Å². The molecule has 1 fully saturated rings. The van der Waals surface area contributed by atoms with Gasteiger partial charge in [-0.25, -0.2) is 4.79 Å². The normalized spacial score (nSPS) is 24.1. The van der Waals surface area contributed by atoms with Crippen LogP contribution in [0.2, 0.25) is 0 Å². The van der Waals surface area contributed by atoms with Crippen LogP contribution >= 0.6 is 0 Å². The first-order chi connectivity index (χ1) is 9.62. The highest BCUT2D eigenvalue weighted by molar-refractivity contribution is 5.87. The summed E-state index contributed by atoms with van der Waals surface area (Å²) in [6, 6.07) is 0. The van der Waals surface area contributed by atoms with E-state index in [2.05, 4.69) is 27.7 Å². The SMILES string of the molecule is CCCC1(C(=O)O)CCCN1C(=O)CC(C)CC(C)(C)C. The van der Waals surface area contributed by atoms with Crippen molar-refractivity contribution in [2.45, 2.75) is 78.7 Å². The van der Waals surface area contributed by atoms with Crippen LogP contribution in [0.25, 0.3) is 0 Å². The van der Waals surface area contributed by atoms with Crippen LogP contribution in [0.1, 0.15) is 73.1 Å². The third-order valence-electron chi connectivity index (χ3n) is 4.34. The van der Waals surface area contributed by atoms with Gasteiger partial charge in [0.25, 0.3) is 0 Å². The Morgan fingerprint density at radius 2 is 1.95 bits per heavy atom. The molecule has 1 aliphatic heterocycles. The summed E-state index contributed by atoms with van der Waals surface area (Å²) in [6.07, 6.45) is 4.16. The molecule has 0 bridgehead atoms. The van der Waals surface area contributed by atoms with Crippen molar-refractivity contribution in [2.75, 3.05) is 6.54 Å². The second-order valence-electron chi connectivity index (χ2n) is 7.81. The molecule has 1 saturated heterocycles. The molecule has 0 saturated carbocycles. The summed E-state index contributed by atoms with van der Waals surface area (Å²) >= 11 is 0. The predicted octanol–water partition coefficient (Wildman–Crippen LogP) is 3.69. The first-order valence-corrected chi connectivity index (χ1v) is 8.16. The van der Waals surface area contributed by atoms with Crippen LogP contribution in [0.5, 0.6) is 0 Å². The van der Waals surface area contributed by atoms with Crippen LogP contribution in [-0.4, -0.2) is 34.0 Å². The van der Waals surface area contributed by atoms with Gasteiger partial charge in [0, 0.05) is 13.0 Å². The minimum absolute atomic E-state index is 0.0140. The lowest BCUT2D eigenvalue weighted by molar-refractivity contribution is -0.157. The van der Waals surface area contributed by atoms with Crippen LogP contribution in [0.3, 0.4) is 0 Å². The molecular formula is C17H31NO3. The van der Waals surface area contributed by atoms with Gasteiger partial charge in [-0.3, -0.25) is 4.79 Å². The third kappa shape index (κ3) is 4.45. The van der Waals surface area contributed by atoms with Crippen molar-refractivity contribution >= 4 is 11.9 Å². The van der Waals surface area contributed by atoms with Crippen LogP contribution in [0, 0.1) is 11.3 Å². The second-order valence-corrected chi connectivity index (χ2v) is 7.81. The summed E-state index contributed by atoms with van der Waals surface area (Å²) in [4.78, 5) is 26.0. The smallest absolute Gasteiger partial charge is 0.329 e. The lowest BCUT2D eigenvalue weighted by Gasteiger charge is -2.35. The summed E-state index contributed by atoms with van der Waals surface area (Å²) in [5.41, 5.74) is -0.759. The Morgan fingerprint density at radius 3 is 2.43 bits per heavy atom. The Morgan fingerprint density at radius 1 is 1.33 bits per heavy atom. The van der Waals surface area contributed by atoms with Crippen LogP contribution in [-0.2, 0) is 9.59 Å². The summed E-state index contributed by atoms with van der Waals surface area (Å²) < 4.78 is 0. The molecule has 2 unspecified atom stereocenters. The van der Waals surface area contributed by atoms with Crippen molar-refractivity contribution in [3.05, 3.63) is 0 Å². The molecule has 21 heavy (non-hydrogen) atoms. The molecule has 0 spiro atoms. The molecule has 4 nitrogen and oxygen atoms in total. The van der Waals surface area contributed by atoms with E-state index in [1.54, 1.807) is 4.90 Å². The van der Waals surface area contributed by atoms with E-state index in [4.69, 9.17) is 0 Å². The Balaban J connectivity index is 2.78. The molecule has 1 N–H and O–H groups in total. The standard InChI is InChI=1S/C17H31NO3/c1-6-8-17(15(20)21)9-7-10-18(17)14(19)11-13(2)12-16(3,4)5/h13H,6-12H2,1-5H3,(H,20,21). The van der Waals surface area contributed by atoms with Crippen LogP contribution < -0.4 is 0 Å². The number of amides is 1. The van der Waals surface area contributed by atoms with Gasteiger partial charge in [0.2, 0.25) is 5.91 Å². The molecule has 4 heteroatoms. The molecule has 1 heterocycles. The fourth-order valence-electron chi connectivity index (χ4n) is 3.77. The van der Waals surface area contributed by atoms with Gasteiger partial charge in [0.15, 0.2) is 0 Å². The maximum atomic E-state index is 12.6. The number of carbonyl (C=O) groups excluding carboxylic acids is 1. The fraction of sp³-hybridized carbons (Fsp3) is 0.882. The van der Waals surface area contributed by atoms with Gasteiger partial charge in [-0.05, 0) is 37.0 Å². The number of nitrogens with zero attached hydrogens (tertiary/aromatic N) is 1. The molecule has 0 aromatic rings. The van der Waals surface area contributed by atoms with E-state index >= 15 is 0 Å². The molecule has 1 aliphatic rings. The summed E-state index contributed by atoms with van der Waals surface area (Å²) in [7, 11) is 0. The van der Waals surface area contributed by atoms with E-state index in [-0.39, 0.29) is 17.2 Å². The van der Waals surface area contributed by atoms with Crippen LogP contribution in [0.4, 0.5) is 0 Å². The van der Waals surface area contributed by atoms with Gasteiger partial charge >= 0.3 is 5.97 Å². The minimum atomic E-state index is -0.951. The molecule has 0 aromatic carbocycles. The molecule has 0 aliphatic carbocycles. The number of hydrogen-bond donors (Lipinski definition) is 1. The molecule has 1 rings (SSSR count). The average molecular weight is 297 g/mol. The molecule has 122 valence electrons. The lowest BCUT2D eigenvalue weighted by atomic mass is 9.83. The van der Waals surface area contributed by atoms with Crippen molar-refractivity contribution in [1.82, 2.24) is 4.90 Å². The maximum Gasteiger partial charge on any atom is 0.329 e. The van der Waals surface area contributed by atoms with Gasteiger partial charge < -0.3 is 10.0 Å². The highest BCUT2D eigenvalue weighted by atomic mass is 16.4. The molecule has 2 atom stereocenters. The second kappa shape index (κ2) is 6.80. The molecule has 0 aromatic heterocycles. The zero-order valence-corrected chi connectivity index (χ0v) is 14.2. The highest BCUT2D eigenvalue weighted by Crippen LogP contribution is 2.35. The van der Waals surface area contributed by atoms with Crippen molar-refractivity contribution in [1.29, 1.82) is 0 Å². The summed E-state index contributed by atoms with van der Waals surface area (Å²) in [5, 5.41) is 9.64. The van der Waals surface area contributed by atoms with E-state index in [1.165, 1.54) is 0 Å². The fourth-order valence-corrected chi connectivity index (χ4v) is 3.77. The van der Waals surface area contributed by atoms with Gasteiger partial charge in [-0.1, -0.05) is 41.0 Å². The van der Waals surface area contributed by atoms with Crippen molar-refractivity contribution in [3.8, 4) is 0 Å². The van der Waals surface area contributed by atoms with Gasteiger partial charge in [-0.2, -0.15) is 0 Å². The topological polar surface area (TPSA) is 57.6 Å². The largest absolute Gasteiger partial charge is 0.479 e. The Bertz CT molecular complexity index is 386. The monoisotopic (exact) mass is 297 g/mol. The van der Waals surface area contributed by atoms with E-state index < -0.39 is 11.5 Å². The van der Waals surface area contributed by atoms with E-state index in [1.807, 2.05) is 6.92 Å². The maximum absolute atomic E-state index is 12.6. The quantitative estimate of drug-likeness (QED) is 0.813. The van der Waals surface area contributed by atoms with E-state index in [0.717, 1.165) is 19.3 Å². The zero-order valence-electron chi connectivity index (χ0n) is 14.2. The van der Waals surface area contributed by atoms with Gasteiger partial charge in [0.05, 0.1) is 0 Å². The van der Waals surface area contributed by atoms with E-state index in [9.17, 15) is 14.7 Å². The molecule has 1 amide bonds. The lowest BCUT2D eigenvalue weighted by Crippen LogP contribution is -2.53. The average Bonchev–Trinajstić information content (AvgIpc) is 2.71. The van der Waals surface area contributed by atoms with E-state index in [0.29, 0.717) is 25.8 Å². The minimum Gasteiger partial charge on any atom is -0.479 e. The van der Waals surface area contributed by atoms with Crippen LogP contribution in [0.15, 0.2) is 0 Å². The Kier molecular flexibility index (Phi) is 5.83. The predicted molar refractivity (Wildman–Crippen MR) is 84.1 cm³/mol. The number of rotatable bonds is 6. The van der Waals surface area contributed by atoms with Crippen molar-refractivity contribution < 1.29 is 14.7 Å². The Labute approximate surface area is 128 Å². The third-order valence-corrected chi connectivity index (χ3v) is 4.34. The highest BCUT2D eigenvalue weighted by Gasteiger charge is 2.49. The summed E-state index contributed by atoms with van der Waals surface area (Å²) in [5.74, 6) is -0.537. The number of carboxylic acid groups (broad SMARTS) is 1. The van der Waals surface area contributed by atoms with Gasteiger partial charge in [0.1, 0.15) is 5.54 Å². The first-order valence-electron chi connectivity index (χ1n) is 8.16. The number of hydrogen-bond acceptors (Lipinski definition) is 2. The number of likely N-dealkylation sites (tertiary alicyclic amines) is 1. The molecular weight excluding hydrogens is 266 g/mol. The van der Waals surface area contributed by atoms with Crippen molar-refractivity contribution in [2.24, 2.45) is 11.3 Å².